The number of amides is 1. The van der Waals surface area contributed by atoms with Crippen molar-refractivity contribution >= 4 is 28.7 Å². The third-order valence-corrected chi connectivity index (χ3v) is 8.50. The van der Waals surface area contributed by atoms with Gasteiger partial charge in [0.15, 0.2) is 0 Å². The molecule has 2 aliphatic rings. The largest absolute Gasteiger partial charge is 0.362 e. The van der Waals surface area contributed by atoms with Crippen LogP contribution in [0, 0.1) is 23.2 Å². The summed E-state index contributed by atoms with van der Waals surface area (Å²) in [5.74, 6) is 1.53. The maximum atomic E-state index is 13.5. The lowest BCUT2D eigenvalue weighted by molar-refractivity contribution is 0.0984. The summed E-state index contributed by atoms with van der Waals surface area (Å²) in [4.78, 5) is 30.1. The van der Waals surface area contributed by atoms with Crippen LogP contribution in [0.1, 0.15) is 87.7 Å². The normalized spacial score (nSPS) is 24.8. The Morgan fingerprint density at radius 3 is 2.70 bits per heavy atom. The van der Waals surface area contributed by atoms with Gasteiger partial charge in [-0.3, -0.25) is 14.5 Å². The second-order valence-electron chi connectivity index (χ2n) is 12.3. The lowest BCUT2D eigenvalue weighted by Crippen LogP contribution is -2.40. The van der Waals surface area contributed by atoms with E-state index >= 15 is 0 Å². The molecule has 9 heteroatoms. The van der Waals surface area contributed by atoms with E-state index in [2.05, 4.69) is 85.7 Å². The van der Waals surface area contributed by atoms with E-state index < -0.39 is 0 Å². The molecule has 0 aromatic carbocycles. The van der Waals surface area contributed by atoms with Crippen molar-refractivity contribution in [2.45, 2.75) is 71.4 Å². The molecule has 2 bridgehead atoms. The minimum absolute atomic E-state index is 0.166. The summed E-state index contributed by atoms with van der Waals surface area (Å²) >= 11 is 1.09. The van der Waals surface area contributed by atoms with E-state index in [0.29, 0.717) is 33.7 Å². The zero-order valence-corrected chi connectivity index (χ0v) is 25.1. The average molecular weight is 558 g/mol. The summed E-state index contributed by atoms with van der Waals surface area (Å²) in [6.07, 6.45) is 4.96. The summed E-state index contributed by atoms with van der Waals surface area (Å²) in [6, 6.07) is 9.37. The number of aliphatic imine (C=N–C) groups is 1. The highest BCUT2D eigenvalue weighted by atomic mass is 32.2. The first-order valence-corrected chi connectivity index (χ1v) is 14.4. The molecule has 1 fully saturated rings. The second kappa shape index (κ2) is 11.5. The monoisotopic (exact) mass is 557 g/mol. The van der Waals surface area contributed by atoms with E-state index in [4.69, 9.17) is 4.98 Å². The molecule has 40 heavy (non-hydrogen) atoms. The van der Waals surface area contributed by atoms with E-state index in [1.54, 1.807) is 18.3 Å². The molecule has 0 aliphatic carbocycles. The van der Waals surface area contributed by atoms with Crippen LogP contribution in [0.5, 0.6) is 0 Å². The number of anilines is 1. The van der Waals surface area contributed by atoms with Crippen molar-refractivity contribution in [2.75, 3.05) is 11.4 Å². The lowest BCUT2D eigenvalue weighted by Gasteiger charge is -2.34. The molecule has 0 spiro atoms. The maximum Gasteiger partial charge on any atom is 0.265 e. The molecule has 4 heterocycles. The number of hydrogen-bond donors (Lipinski definition) is 2. The summed E-state index contributed by atoms with van der Waals surface area (Å²) in [5.41, 5.74) is 2.42. The predicted molar refractivity (Wildman–Crippen MR) is 163 cm³/mol. The third kappa shape index (κ3) is 6.39. The Kier molecular flexibility index (Phi) is 8.41. The van der Waals surface area contributed by atoms with Gasteiger partial charge in [0.25, 0.3) is 5.91 Å². The molecule has 1 saturated heterocycles. The van der Waals surface area contributed by atoms with Gasteiger partial charge in [-0.15, -0.1) is 0 Å². The van der Waals surface area contributed by atoms with Crippen LogP contribution < -0.4 is 14.9 Å². The molecule has 2 aromatic heterocycles. The minimum Gasteiger partial charge on any atom is -0.362 e. The van der Waals surface area contributed by atoms with Gasteiger partial charge in [-0.2, -0.15) is 5.26 Å². The molecule has 3 unspecified atom stereocenters. The van der Waals surface area contributed by atoms with Gasteiger partial charge in [0.1, 0.15) is 16.7 Å². The molecular formula is C31H39N7OS. The van der Waals surface area contributed by atoms with Crippen LogP contribution in [-0.2, 0) is 5.41 Å². The van der Waals surface area contributed by atoms with Crippen molar-refractivity contribution in [3.63, 3.8) is 0 Å². The van der Waals surface area contributed by atoms with Crippen molar-refractivity contribution in [2.24, 2.45) is 16.8 Å². The molecular weight excluding hydrogens is 518 g/mol. The molecule has 3 atom stereocenters. The standard InChI is InChI=1S/C31H39N7OS/c1-9-27-35-20(3)34-25(24-15-21(17-32)12-13-33-24)14-19(2)22-16-31(7,8)38(18-22)28-23(29(39)37-40-27)10-11-26(36-28)30(4,5)6/h9-13,15,19,22,25,34H,1,3,14,16,18H2,2,4-8H3,(H,37,39)/b35-27+. The van der Waals surface area contributed by atoms with Gasteiger partial charge in [-0.25, -0.2) is 9.98 Å². The Bertz CT molecular complexity index is 1380. The van der Waals surface area contributed by atoms with Gasteiger partial charge in [-0.05, 0) is 68.9 Å². The molecule has 2 N–H and O–H groups in total. The minimum atomic E-state index is -0.237. The molecule has 8 nitrogen and oxygen atoms in total. The van der Waals surface area contributed by atoms with Gasteiger partial charge in [0.05, 0.1) is 28.9 Å². The van der Waals surface area contributed by atoms with Crippen LogP contribution in [0.3, 0.4) is 0 Å². The highest BCUT2D eigenvalue weighted by Crippen LogP contribution is 2.43. The number of aromatic nitrogens is 2. The third-order valence-electron chi connectivity index (χ3n) is 7.74. The molecule has 1 amide bonds. The molecule has 2 aromatic rings. The van der Waals surface area contributed by atoms with Crippen LogP contribution in [0.2, 0.25) is 0 Å². The zero-order valence-electron chi connectivity index (χ0n) is 24.3. The fourth-order valence-electron chi connectivity index (χ4n) is 5.46. The Balaban J connectivity index is 1.81. The first-order valence-electron chi connectivity index (χ1n) is 13.6. The number of fused-ring (bicyclic) bond motifs is 4. The SMILES string of the molecule is C=C/C1=N\C(=C)NC(c2cc(C#N)ccn2)CC(C)C2CN(c3nc(C(C)(C)C)ccc3C(=O)NS1)C(C)(C)C2. The number of nitrogens with one attached hydrogen (secondary N) is 2. The number of nitriles is 1. The number of rotatable bonds is 2. The van der Waals surface area contributed by atoms with Crippen molar-refractivity contribution in [1.29, 1.82) is 5.26 Å². The first kappa shape index (κ1) is 29.3. The number of nitrogens with zero attached hydrogens (tertiary/aromatic N) is 5. The Hall–Kier alpha value is -3.64. The van der Waals surface area contributed by atoms with Gasteiger partial charge in [0, 0.05) is 41.3 Å². The molecule has 0 saturated carbocycles. The van der Waals surface area contributed by atoms with Gasteiger partial charge in [0.2, 0.25) is 0 Å². The van der Waals surface area contributed by atoms with Crippen molar-refractivity contribution in [3.05, 3.63) is 78.0 Å². The summed E-state index contributed by atoms with van der Waals surface area (Å²) < 4.78 is 2.93. The van der Waals surface area contributed by atoms with E-state index in [0.717, 1.165) is 42.7 Å². The Labute approximate surface area is 242 Å². The van der Waals surface area contributed by atoms with E-state index in [1.165, 1.54) is 0 Å². The maximum absolute atomic E-state index is 13.5. The number of carbonyl (C=O) groups is 1. The van der Waals surface area contributed by atoms with Crippen LogP contribution in [0.15, 0.2) is 60.5 Å². The average Bonchev–Trinajstić information content (AvgIpc) is 3.23. The quantitative estimate of drug-likeness (QED) is 0.433. The summed E-state index contributed by atoms with van der Waals surface area (Å²) in [7, 11) is 0. The highest BCUT2D eigenvalue weighted by molar-refractivity contribution is 8.13. The Morgan fingerprint density at radius 1 is 1.27 bits per heavy atom. The number of pyridine rings is 2. The predicted octanol–water partition coefficient (Wildman–Crippen LogP) is 6.06. The van der Waals surface area contributed by atoms with Crippen molar-refractivity contribution in [1.82, 2.24) is 20.0 Å². The van der Waals surface area contributed by atoms with E-state index in [9.17, 15) is 10.1 Å². The lowest BCUT2D eigenvalue weighted by atomic mass is 9.83. The van der Waals surface area contributed by atoms with E-state index in [1.807, 2.05) is 18.2 Å². The van der Waals surface area contributed by atoms with Crippen molar-refractivity contribution in [3.8, 4) is 6.07 Å². The van der Waals surface area contributed by atoms with E-state index in [-0.39, 0.29) is 28.8 Å². The zero-order chi connectivity index (χ0) is 29.2. The Morgan fingerprint density at radius 2 is 2.02 bits per heavy atom. The molecule has 0 radical (unpaired) electrons. The number of carbonyl (C=O) groups excluding carboxylic acids is 1. The van der Waals surface area contributed by atoms with Gasteiger partial charge < -0.3 is 10.2 Å². The summed E-state index contributed by atoms with van der Waals surface area (Å²) in [5, 5.41) is 13.4. The van der Waals surface area contributed by atoms with Crippen LogP contribution in [0.25, 0.3) is 0 Å². The van der Waals surface area contributed by atoms with Gasteiger partial charge in [-0.1, -0.05) is 40.9 Å². The van der Waals surface area contributed by atoms with Crippen LogP contribution in [0.4, 0.5) is 5.82 Å². The van der Waals surface area contributed by atoms with Crippen LogP contribution in [-0.4, -0.2) is 33.0 Å². The number of hydrogen-bond acceptors (Lipinski definition) is 8. The highest BCUT2D eigenvalue weighted by Gasteiger charge is 2.43. The second-order valence-corrected chi connectivity index (χ2v) is 13.2. The molecule has 210 valence electrons. The van der Waals surface area contributed by atoms with Crippen LogP contribution >= 0.6 is 11.9 Å². The smallest absolute Gasteiger partial charge is 0.265 e. The first-order chi connectivity index (χ1) is 18.8. The summed E-state index contributed by atoms with van der Waals surface area (Å²) in [6.45, 7) is 21.9. The molecule has 4 rings (SSSR count). The van der Waals surface area contributed by atoms with Gasteiger partial charge >= 0.3 is 0 Å². The topological polar surface area (TPSA) is 106 Å². The fraction of sp³-hybridized carbons (Fsp3) is 0.452. The fourth-order valence-corrected chi connectivity index (χ4v) is 6.00. The van der Waals surface area contributed by atoms with Crippen molar-refractivity contribution < 1.29 is 4.79 Å². The molecule has 2 aliphatic heterocycles.